The Hall–Kier alpha value is -1.52. The summed E-state index contributed by atoms with van der Waals surface area (Å²) in [6, 6.07) is 0. The maximum Gasteiger partial charge on any atom is 0.223 e. The Morgan fingerprint density at radius 3 is 3.00 bits per heavy atom. The van der Waals surface area contributed by atoms with Crippen LogP contribution in [0.3, 0.4) is 0 Å². The van der Waals surface area contributed by atoms with Gasteiger partial charge in [-0.3, -0.25) is 9.89 Å². The van der Waals surface area contributed by atoms with E-state index in [0.29, 0.717) is 12.4 Å². The lowest BCUT2D eigenvalue weighted by Crippen LogP contribution is -2.40. The molecule has 1 saturated carbocycles. The van der Waals surface area contributed by atoms with Gasteiger partial charge in [-0.15, -0.1) is 0 Å². The number of aromatic nitrogens is 2. The summed E-state index contributed by atoms with van der Waals surface area (Å²) in [6.07, 6.45) is 6.14. The van der Waals surface area contributed by atoms with Crippen LogP contribution in [-0.2, 0) is 11.3 Å². The molecule has 5 nitrogen and oxygen atoms in total. The van der Waals surface area contributed by atoms with Crippen LogP contribution in [0.15, 0.2) is 6.20 Å². The number of nitrogens with two attached hydrogens (primary N) is 1. The van der Waals surface area contributed by atoms with Gasteiger partial charge in [-0.1, -0.05) is 26.7 Å². The number of H-pyrrole nitrogens is 1. The lowest BCUT2D eigenvalue weighted by molar-refractivity contribution is -0.130. The Labute approximate surface area is 108 Å². The molecule has 4 N–H and O–H groups in total. The number of rotatable bonds is 3. The fourth-order valence-corrected chi connectivity index (χ4v) is 2.75. The summed E-state index contributed by atoms with van der Waals surface area (Å²) in [5.74, 6) is 0.776. The molecule has 5 heteroatoms. The number of amides is 1. The van der Waals surface area contributed by atoms with Crippen molar-refractivity contribution < 1.29 is 4.79 Å². The van der Waals surface area contributed by atoms with Crippen LogP contribution >= 0.6 is 0 Å². The number of carbonyl (C=O) groups is 1. The number of hydrogen-bond donors (Lipinski definition) is 3. The molecule has 1 atom stereocenters. The SMILES string of the molecule is CC1(C)CCCCC1C(=O)NCc1cn[nH]c1N. The van der Waals surface area contributed by atoms with Gasteiger partial charge in [-0.25, -0.2) is 0 Å². The molecule has 0 aromatic carbocycles. The van der Waals surface area contributed by atoms with E-state index in [1.54, 1.807) is 6.20 Å². The predicted octanol–water partition coefficient (Wildman–Crippen LogP) is 1.82. The zero-order valence-electron chi connectivity index (χ0n) is 11.1. The summed E-state index contributed by atoms with van der Waals surface area (Å²) in [6.45, 7) is 4.82. The molecular weight excluding hydrogens is 228 g/mol. The molecule has 2 rings (SSSR count). The highest BCUT2D eigenvalue weighted by atomic mass is 16.1. The molecule has 100 valence electrons. The molecule has 0 spiro atoms. The molecule has 1 unspecified atom stereocenters. The third-order valence-electron chi connectivity index (χ3n) is 4.03. The average Bonchev–Trinajstić information content (AvgIpc) is 2.71. The Morgan fingerprint density at radius 2 is 2.39 bits per heavy atom. The molecule has 1 fully saturated rings. The largest absolute Gasteiger partial charge is 0.384 e. The molecule has 1 aliphatic rings. The van der Waals surface area contributed by atoms with E-state index in [2.05, 4.69) is 29.4 Å². The number of hydrogen-bond acceptors (Lipinski definition) is 3. The number of nitrogen functional groups attached to an aromatic ring is 1. The van der Waals surface area contributed by atoms with Crippen LogP contribution in [0.25, 0.3) is 0 Å². The monoisotopic (exact) mass is 250 g/mol. The highest BCUT2D eigenvalue weighted by Crippen LogP contribution is 2.40. The van der Waals surface area contributed by atoms with Crippen LogP contribution in [0.5, 0.6) is 0 Å². The lowest BCUT2D eigenvalue weighted by Gasteiger charge is -2.37. The van der Waals surface area contributed by atoms with E-state index in [9.17, 15) is 4.79 Å². The second-order valence-electron chi connectivity index (χ2n) is 5.81. The van der Waals surface area contributed by atoms with Crippen LogP contribution < -0.4 is 11.1 Å². The van der Waals surface area contributed by atoms with Crippen molar-refractivity contribution in [2.75, 3.05) is 5.73 Å². The van der Waals surface area contributed by atoms with Crippen LogP contribution in [-0.4, -0.2) is 16.1 Å². The van der Waals surface area contributed by atoms with E-state index in [-0.39, 0.29) is 17.2 Å². The first-order chi connectivity index (χ1) is 8.50. The minimum absolute atomic E-state index is 0.101. The Bertz CT molecular complexity index is 424. The van der Waals surface area contributed by atoms with Crippen molar-refractivity contribution in [3.8, 4) is 0 Å². The van der Waals surface area contributed by atoms with Crippen LogP contribution in [0, 0.1) is 11.3 Å². The number of aromatic amines is 1. The number of anilines is 1. The molecule has 1 heterocycles. The van der Waals surface area contributed by atoms with E-state index >= 15 is 0 Å². The zero-order chi connectivity index (χ0) is 13.2. The normalized spacial score (nSPS) is 22.7. The first kappa shape index (κ1) is 12.9. The average molecular weight is 250 g/mol. The van der Waals surface area contributed by atoms with Crippen molar-refractivity contribution in [1.29, 1.82) is 0 Å². The van der Waals surface area contributed by atoms with Crippen molar-refractivity contribution in [3.05, 3.63) is 11.8 Å². The van der Waals surface area contributed by atoms with E-state index < -0.39 is 0 Å². The van der Waals surface area contributed by atoms with E-state index in [0.717, 1.165) is 24.8 Å². The summed E-state index contributed by atoms with van der Waals surface area (Å²) in [5.41, 5.74) is 6.64. The van der Waals surface area contributed by atoms with Gasteiger partial charge >= 0.3 is 0 Å². The van der Waals surface area contributed by atoms with Gasteiger partial charge in [0.25, 0.3) is 0 Å². The third kappa shape index (κ3) is 2.66. The van der Waals surface area contributed by atoms with Gasteiger partial charge < -0.3 is 11.1 Å². The van der Waals surface area contributed by atoms with E-state index in [4.69, 9.17) is 5.73 Å². The Balaban J connectivity index is 1.93. The van der Waals surface area contributed by atoms with E-state index in [1.807, 2.05) is 0 Å². The van der Waals surface area contributed by atoms with Crippen molar-refractivity contribution in [1.82, 2.24) is 15.5 Å². The Morgan fingerprint density at radius 1 is 1.61 bits per heavy atom. The van der Waals surface area contributed by atoms with Crippen LogP contribution in [0.4, 0.5) is 5.82 Å². The summed E-state index contributed by atoms with van der Waals surface area (Å²) in [7, 11) is 0. The van der Waals surface area contributed by atoms with Gasteiger partial charge in [0.1, 0.15) is 5.82 Å². The summed E-state index contributed by atoms with van der Waals surface area (Å²) >= 11 is 0. The number of carbonyl (C=O) groups excluding carboxylic acids is 1. The molecule has 1 aromatic rings. The molecule has 1 aromatic heterocycles. The van der Waals surface area contributed by atoms with E-state index in [1.165, 1.54) is 6.42 Å². The highest BCUT2D eigenvalue weighted by molar-refractivity contribution is 5.79. The Kier molecular flexibility index (Phi) is 3.59. The first-order valence-electron chi connectivity index (χ1n) is 6.56. The molecule has 0 bridgehead atoms. The molecule has 0 aliphatic heterocycles. The molecular formula is C13H22N4O. The third-order valence-corrected chi connectivity index (χ3v) is 4.03. The highest BCUT2D eigenvalue weighted by Gasteiger charge is 2.36. The molecule has 0 radical (unpaired) electrons. The maximum absolute atomic E-state index is 12.2. The van der Waals surface area contributed by atoms with Gasteiger partial charge in [0.2, 0.25) is 5.91 Å². The van der Waals surface area contributed by atoms with Crippen molar-refractivity contribution in [2.24, 2.45) is 11.3 Å². The predicted molar refractivity (Wildman–Crippen MR) is 70.6 cm³/mol. The quantitative estimate of drug-likeness (QED) is 0.765. The number of nitrogens with one attached hydrogen (secondary N) is 2. The zero-order valence-corrected chi connectivity index (χ0v) is 11.1. The van der Waals surface area contributed by atoms with Crippen LogP contribution in [0.1, 0.15) is 45.1 Å². The minimum Gasteiger partial charge on any atom is -0.384 e. The summed E-state index contributed by atoms with van der Waals surface area (Å²) in [4.78, 5) is 12.2. The second-order valence-corrected chi connectivity index (χ2v) is 5.81. The minimum atomic E-state index is 0.101. The summed E-state index contributed by atoms with van der Waals surface area (Å²) in [5, 5.41) is 9.48. The fraction of sp³-hybridized carbons (Fsp3) is 0.692. The van der Waals surface area contributed by atoms with Crippen LogP contribution in [0.2, 0.25) is 0 Å². The second kappa shape index (κ2) is 5.00. The molecule has 1 amide bonds. The summed E-state index contributed by atoms with van der Waals surface area (Å²) < 4.78 is 0. The van der Waals surface area contributed by atoms with Gasteiger partial charge in [-0.05, 0) is 18.3 Å². The molecule has 18 heavy (non-hydrogen) atoms. The number of nitrogens with zero attached hydrogens (tertiary/aromatic N) is 1. The van der Waals surface area contributed by atoms with Gasteiger partial charge in [0, 0.05) is 18.0 Å². The van der Waals surface area contributed by atoms with Gasteiger partial charge in [-0.2, -0.15) is 5.10 Å². The van der Waals surface area contributed by atoms with Gasteiger partial charge in [0.15, 0.2) is 0 Å². The topological polar surface area (TPSA) is 83.8 Å². The smallest absolute Gasteiger partial charge is 0.223 e. The van der Waals surface area contributed by atoms with Crippen molar-refractivity contribution >= 4 is 11.7 Å². The van der Waals surface area contributed by atoms with Gasteiger partial charge in [0.05, 0.1) is 6.20 Å². The van der Waals surface area contributed by atoms with Crippen molar-refractivity contribution in [2.45, 2.75) is 46.1 Å². The molecule has 0 saturated heterocycles. The first-order valence-corrected chi connectivity index (χ1v) is 6.56. The maximum atomic E-state index is 12.2. The fourth-order valence-electron chi connectivity index (χ4n) is 2.75. The molecule has 1 aliphatic carbocycles. The lowest BCUT2D eigenvalue weighted by atomic mass is 9.68. The van der Waals surface area contributed by atoms with Crippen molar-refractivity contribution in [3.63, 3.8) is 0 Å². The standard InChI is InChI=1S/C13H22N4O/c1-13(2)6-4-3-5-10(13)12(18)15-7-9-8-16-17-11(9)14/h8,10H,3-7H2,1-2H3,(H,15,18)(H3,14,16,17).